The van der Waals surface area contributed by atoms with Crippen LogP contribution in [-0.2, 0) is 6.54 Å². The second-order valence-corrected chi connectivity index (χ2v) is 4.01. The van der Waals surface area contributed by atoms with Gasteiger partial charge >= 0.3 is 5.69 Å². The molecule has 2 aromatic rings. The maximum Gasteiger partial charge on any atom is 0.310 e. The van der Waals surface area contributed by atoms with Crippen molar-refractivity contribution < 1.29 is 19.2 Å². The quantitative estimate of drug-likeness (QED) is 0.646. The Morgan fingerprint density at radius 3 is 2.85 bits per heavy atom. The molecule has 0 aliphatic carbocycles. The molecule has 0 aliphatic rings. The fourth-order valence-corrected chi connectivity index (χ4v) is 1.56. The van der Waals surface area contributed by atoms with E-state index in [2.05, 4.69) is 10.3 Å². The molecule has 0 fully saturated rings. The first-order valence-electron chi connectivity index (χ1n) is 5.64. The summed E-state index contributed by atoms with van der Waals surface area (Å²) in [5.74, 6) is -0.0788. The smallest absolute Gasteiger partial charge is 0.310 e. The Balaban J connectivity index is 2.06. The number of nitrogens with one attached hydrogen (secondary N) is 1. The summed E-state index contributed by atoms with van der Waals surface area (Å²) in [6.07, 6.45) is 1.53. The Labute approximate surface area is 113 Å². The minimum atomic E-state index is -0.730. The number of carbonyl (C=O) groups is 1. The molecule has 1 aromatic heterocycles. The number of oxazole rings is 1. The van der Waals surface area contributed by atoms with Crippen molar-refractivity contribution in [2.75, 3.05) is 0 Å². The Kier molecular flexibility index (Phi) is 3.65. The van der Waals surface area contributed by atoms with Gasteiger partial charge in [-0.3, -0.25) is 14.9 Å². The van der Waals surface area contributed by atoms with Gasteiger partial charge < -0.3 is 14.8 Å². The lowest BCUT2D eigenvalue weighted by atomic mass is 10.2. The van der Waals surface area contributed by atoms with Gasteiger partial charge in [0.25, 0.3) is 5.91 Å². The number of nitrogens with zero attached hydrogens (tertiary/aromatic N) is 2. The number of nitro groups is 1. The summed E-state index contributed by atoms with van der Waals surface area (Å²) in [6, 6.07) is 3.36. The van der Waals surface area contributed by atoms with Crippen LogP contribution in [0.3, 0.4) is 0 Å². The lowest BCUT2D eigenvalue weighted by Gasteiger charge is -2.03. The number of aryl methyl sites for hydroxylation is 1. The molecule has 0 saturated heterocycles. The number of benzene rings is 1. The van der Waals surface area contributed by atoms with Crippen LogP contribution in [0.25, 0.3) is 0 Å². The summed E-state index contributed by atoms with van der Waals surface area (Å²) in [4.78, 5) is 25.5. The van der Waals surface area contributed by atoms with E-state index in [1.54, 1.807) is 6.92 Å². The summed E-state index contributed by atoms with van der Waals surface area (Å²) < 4.78 is 5.18. The van der Waals surface area contributed by atoms with Crippen LogP contribution < -0.4 is 5.32 Å². The molecular weight excluding hydrogens is 266 g/mol. The number of hydrogen-bond donors (Lipinski definition) is 2. The van der Waals surface area contributed by atoms with E-state index < -0.39 is 22.3 Å². The van der Waals surface area contributed by atoms with Gasteiger partial charge in [-0.2, -0.15) is 0 Å². The molecular formula is C12H11N3O5. The van der Waals surface area contributed by atoms with Gasteiger partial charge in [-0.1, -0.05) is 0 Å². The van der Waals surface area contributed by atoms with E-state index in [4.69, 9.17) is 4.42 Å². The maximum atomic E-state index is 11.8. The number of amides is 1. The fourth-order valence-electron chi connectivity index (χ4n) is 1.56. The summed E-state index contributed by atoms with van der Waals surface area (Å²) >= 11 is 0. The van der Waals surface area contributed by atoms with E-state index >= 15 is 0 Å². The first-order chi connectivity index (χ1) is 9.47. The van der Waals surface area contributed by atoms with Crippen LogP contribution in [0, 0.1) is 17.0 Å². The topological polar surface area (TPSA) is 118 Å². The number of phenolic OH excluding ortho intramolecular Hbond substituents is 1. The van der Waals surface area contributed by atoms with Crippen molar-refractivity contribution in [1.29, 1.82) is 0 Å². The number of nitro benzene ring substituents is 1. The molecule has 2 rings (SSSR count). The summed E-state index contributed by atoms with van der Waals surface area (Å²) in [6.45, 7) is 1.82. The van der Waals surface area contributed by atoms with Crippen LogP contribution in [0.1, 0.15) is 22.0 Å². The molecule has 8 heteroatoms. The van der Waals surface area contributed by atoms with E-state index in [1.165, 1.54) is 12.3 Å². The molecule has 2 N–H and O–H groups in total. The van der Waals surface area contributed by atoms with Crippen LogP contribution in [0.2, 0.25) is 0 Å². The van der Waals surface area contributed by atoms with Gasteiger partial charge in [-0.25, -0.2) is 4.98 Å². The van der Waals surface area contributed by atoms with Gasteiger partial charge in [-0.15, -0.1) is 0 Å². The highest BCUT2D eigenvalue weighted by atomic mass is 16.6. The zero-order valence-corrected chi connectivity index (χ0v) is 10.5. The molecule has 0 bridgehead atoms. The van der Waals surface area contributed by atoms with Gasteiger partial charge in [0.1, 0.15) is 5.76 Å². The van der Waals surface area contributed by atoms with Crippen LogP contribution >= 0.6 is 0 Å². The highest BCUT2D eigenvalue weighted by molar-refractivity contribution is 5.94. The van der Waals surface area contributed by atoms with Gasteiger partial charge in [0.05, 0.1) is 17.7 Å². The first kappa shape index (κ1) is 13.5. The maximum absolute atomic E-state index is 11.8. The van der Waals surface area contributed by atoms with E-state index in [1.807, 2.05) is 0 Å². The van der Waals surface area contributed by atoms with Crippen molar-refractivity contribution >= 4 is 11.6 Å². The van der Waals surface area contributed by atoms with Gasteiger partial charge in [-0.05, 0) is 19.1 Å². The monoisotopic (exact) mass is 277 g/mol. The lowest BCUT2D eigenvalue weighted by molar-refractivity contribution is -0.385. The van der Waals surface area contributed by atoms with Gasteiger partial charge in [0, 0.05) is 11.6 Å². The van der Waals surface area contributed by atoms with Crippen LogP contribution in [0.15, 0.2) is 28.8 Å². The van der Waals surface area contributed by atoms with Gasteiger partial charge in [0.15, 0.2) is 5.75 Å². The van der Waals surface area contributed by atoms with Crippen molar-refractivity contribution in [2.45, 2.75) is 13.5 Å². The summed E-state index contributed by atoms with van der Waals surface area (Å²) in [7, 11) is 0. The normalized spacial score (nSPS) is 10.2. The van der Waals surface area contributed by atoms with Crippen molar-refractivity contribution in [3.63, 3.8) is 0 Å². The van der Waals surface area contributed by atoms with Crippen LogP contribution in [0.5, 0.6) is 5.75 Å². The molecule has 0 spiro atoms. The van der Waals surface area contributed by atoms with Crippen LogP contribution in [-0.4, -0.2) is 20.9 Å². The zero-order valence-electron chi connectivity index (χ0n) is 10.5. The number of aromatic hydroxyl groups is 1. The number of carbonyl (C=O) groups excluding carboxylic acids is 1. The molecule has 1 amide bonds. The number of aromatic nitrogens is 1. The second-order valence-electron chi connectivity index (χ2n) is 4.01. The molecule has 0 radical (unpaired) electrons. The number of hydrogen-bond acceptors (Lipinski definition) is 6. The Hall–Kier alpha value is -2.90. The number of phenols is 1. The highest BCUT2D eigenvalue weighted by Crippen LogP contribution is 2.26. The van der Waals surface area contributed by atoms with Crippen molar-refractivity contribution in [2.24, 2.45) is 0 Å². The minimum Gasteiger partial charge on any atom is -0.502 e. The van der Waals surface area contributed by atoms with Crippen molar-refractivity contribution in [3.8, 4) is 5.75 Å². The third-order valence-corrected chi connectivity index (χ3v) is 2.50. The third kappa shape index (κ3) is 2.91. The molecule has 20 heavy (non-hydrogen) atoms. The fraction of sp³-hybridized carbons (Fsp3) is 0.167. The predicted octanol–water partition coefficient (Wildman–Crippen LogP) is 1.53. The Bertz CT molecular complexity index is 665. The number of rotatable bonds is 4. The Morgan fingerprint density at radius 2 is 2.30 bits per heavy atom. The SMILES string of the molecule is Cc1cnc(CNC(=O)c2ccc([N+](=O)[O-])c(O)c2)o1. The molecule has 1 aromatic carbocycles. The van der Waals surface area contributed by atoms with Crippen molar-refractivity contribution in [3.05, 3.63) is 51.7 Å². The van der Waals surface area contributed by atoms with E-state index in [-0.39, 0.29) is 12.1 Å². The average molecular weight is 277 g/mol. The average Bonchev–Trinajstić information content (AvgIpc) is 2.81. The summed E-state index contributed by atoms with van der Waals surface area (Å²) in [5, 5.41) is 22.5. The zero-order chi connectivity index (χ0) is 14.7. The standard InChI is InChI=1S/C12H11N3O5/c1-7-5-13-11(20-7)6-14-12(17)8-2-3-9(15(18)19)10(16)4-8/h2-5,16H,6H2,1H3,(H,14,17). The Morgan fingerprint density at radius 1 is 1.55 bits per heavy atom. The predicted molar refractivity (Wildman–Crippen MR) is 67.2 cm³/mol. The first-order valence-corrected chi connectivity index (χ1v) is 5.64. The summed E-state index contributed by atoms with van der Waals surface area (Å²) in [5.41, 5.74) is -0.346. The van der Waals surface area contributed by atoms with Crippen molar-refractivity contribution in [1.82, 2.24) is 10.3 Å². The van der Waals surface area contributed by atoms with E-state index in [9.17, 15) is 20.0 Å². The highest BCUT2D eigenvalue weighted by Gasteiger charge is 2.16. The molecule has 8 nitrogen and oxygen atoms in total. The molecule has 104 valence electrons. The van der Waals surface area contributed by atoms with Gasteiger partial charge in [0.2, 0.25) is 5.89 Å². The largest absolute Gasteiger partial charge is 0.502 e. The minimum absolute atomic E-state index is 0.0877. The molecule has 0 unspecified atom stereocenters. The van der Waals surface area contributed by atoms with Crippen LogP contribution in [0.4, 0.5) is 5.69 Å². The molecule has 0 atom stereocenters. The van der Waals surface area contributed by atoms with E-state index in [0.29, 0.717) is 11.7 Å². The molecule has 0 aliphatic heterocycles. The third-order valence-electron chi connectivity index (χ3n) is 2.50. The second kappa shape index (κ2) is 5.39. The van der Waals surface area contributed by atoms with E-state index in [0.717, 1.165) is 12.1 Å². The lowest BCUT2D eigenvalue weighted by Crippen LogP contribution is -2.22. The molecule has 0 saturated carbocycles. The molecule has 1 heterocycles.